The molecule has 0 spiro atoms. The van der Waals surface area contributed by atoms with Gasteiger partial charge in [0, 0.05) is 24.2 Å². The summed E-state index contributed by atoms with van der Waals surface area (Å²) in [5, 5.41) is 0. The molecule has 41 heavy (non-hydrogen) atoms. The van der Waals surface area contributed by atoms with Crippen LogP contribution in [0.15, 0.2) is 48.5 Å². The number of methoxy groups -OCH3 is 1. The summed E-state index contributed by atoms with van der Waals surface area (Å²) in [7, 11) is 1.73. The lowest BCUT2D eigenvalue weighted by Gasteiger charge is -2.33. The predicted molar refractivity (Wildman–Crippen MR) is 164 cm³/mol. The number of nitrogens with zero attached hydrogens (tertiary/aromatic N) is 3. The largest absolute Gasteiger partial charge is 0.496 e. The van der Waals surface area contributed by atoms with E-state index in [1.54, 1.807) is 7.11 Å². The molecule has 3 fully saturated rings. The van der Waals surface area contributed by atoms with Crippen LogP contribution in [0.5, 0.6) is 5.75 Å². The van der Waals surface area contributed by atoms with E-state index in [4.69, 9.17) is 14.5 Å². The van der Waals surface area contributed by atoms with Crippen molar-refractivity contribution < 1.29 is 14.3 Å². The van der Waals surface area contributed by atoms with Crippen molar-refractivity contribution in [2.24, 2.45) is 5.92 Å². The Morgan fingerprint density at radius 3 is 2.29 bits per heavy atom. The van der Waals surface area contributed by atoms with Gasteiger partial charge >= 0.3 is 6.09 Å². The van der Waals surface area contributed by atoms with Gasteiger partial charge in [-0.3, -0.25) is 4.90 Å². The smallest absolute Gasteiger partial charge is 0.411 e. The maximum absolute atomic E-state index is 13.3. The second kappa shape index (κ2) is 11.4. The number of rotatable bonds is 7. The van der Waals surface area contributed by atoms with Gasteiger partial charge in [-0.1, -0.05) is 55.2 Å². The maximum Gasteiger partial charge on any atom is 0.411 e. The molecule has 216 valence electrons. The van der Waals surface area contributed by atoms with Gasteiger partial charge in [0.15, 0.2) is 0 Å². The van der Waals surface area contributed by atoms with Crippen molar-refractivity contribution in [1.82, 2.24) is 9.88 Å². The summed E-state index contributed by atoms with van der Waals surface area (Å²) in [5.41, 5.74) is 7.71. The third-order valence-electron chi connectivity index (χ3n) is 9.43. The summed E-state index contributed by atoms with van der Waals surface area (Å²) in [6.45, 7) is 11.0. The molecule has 1 saturated carbocycles. The first-order chi connectivity index (χ1) is 19.8. The second-order valence-electron chi connectivity index (χ2n) is 12.5. The molecule has 0 radical (unpaired) electrons. The molecule has 6 rings (SSSR count). The zero-order valence-corrected chi connectivity index (χ0v) is 25.2. The Labute approximate surface area is 244 Å². The van der Waals surface area contributed by atoms with Gasteiger partial charge in [-0.15, -0.1) is 0 Å². The third kappa shape index (κ3) is 5.53. The van der Waals surface area contributed by atoms with Crippen molar-refractivity contribution >= 4 is 11.9 Å². The van der Waals surface area contributed by atoms with E-state index in [-0.39, 0.29) is 18.2 Å². The van der Waals surface area contributed by atoms with Crippen LogP contribution in [-0.2, 0) is 11.3 Å². The van der Waals surface area contributed by atoms with Gasteiger partial charge in [0.2, 0.25) is 0 Å². The van der Waals surface area contributed by atoms with Gasteiger partial charge < -0.3 is 14.4 Å². The van der Waals surface area contributed by atoms with Gasteiger partial charge in [-0.25, -0.2) is 9.78 Å². The van der Waals surface area contributed by atoms with Crippen molar-refractivity contribution in [2.45, 2.75) is 84.4 Å². The number of ether oxygens (including phenoxy) is 2. The molecule has 1 aliphatic carbocycles. The molecule has 0 N–H and O–H groups in total. The van der Waals surface area contributed by atoms with Crippen molar-refractivity contribution in [1.29, 1.82) is 0 Å². The molecule has 2 atom stereocenters. The van der Waals surface area contributed by atoms with Gasteiger partial charge in [-0.05, 0) is 87.3 Å². The zero-order valence-electron chi connectivity index (χ0n) is 25.2. The molecule has 0 unspecified atom stereocenters. The molecule has 2 aliphatic heterocycles. The average molecular weight is 554 g/mol. The summed E-state index contributed by atoms with van der Waals surface area (Å²) < 4.78 is 11.9. The van der Waals surface area contributed by atoms with Crippen LogP contribution in [0.4, 0.5) is 10.6 Å². The van der Waals surface area contributed by atoms with Crippen LogP contribution in [0, 0.1) is 19.8 Å². The SMILES string of the molecule is COc1ccc(C2CCC(C)CC2)cc1-c1ccc(N2CCC2)nc1CN1C(=O)O[C@H](c2cc(C)cc(C)c2)[C@@H]1C. The van der Waals surface area contributed by atoms with Crippen LogP contribution in [0.3, 0.4) is 0 Å². The van der Waals surface area contributed by atoms with Crippen molar-refractivity contribution in [3.8, 4) is 16.9 Å². The van der Waals surface area contributed by atoms with Crippen molar-refractivity contribution in [3.05, 3.63) is 76.5 Å². The Bertz CT molecular complexity index is 1400. The highest BCUT2D eigenvalue weighted by Gasteiger charge is 2.40. The lowest BCUT2D eigenvalue weighted by molar-refractivity contribution is 0.130. The standard InChI is InChI=1S/C35H43N3O3/c1-22-7-9-26(10-8-22)27-11-13-32(40-5)30(20-27)29-12-14-33(37-15-6-16-37)36-31(29)21-38-25(4)34(41-35(38)39)28-18-23(2)17-24(3)19-28/h11-14,17-20,22,25-26,34H,6-10,15-16,21H2,1-5H3/t22?,25-,26?,34-/m0/s1. The molecule has 2 aromatic carbocycles. The van der Waals surface area contributed by atoms with Gasteiger partial charge in [-0.2, -0.15) is 0 Å². The Morgan fingerprint density at radius 1 is 0.902 bits per heavy atom. The Hall–Kier alpha value is -3.54. The van der Waals surface area contributed by atoms with Crippen LogP contribution in [0.2, 0.25) is 0 Å². The van der Waals surface area contributed by atoms with E-state index in [1.807, 2.05) is 4.90 Å². The fourth-order valence-corrected chi connectivity index (χ4v) is 6.86. The first kappa shape index (κ1) is 27.6. The molecule has 2 saturated heterocycles. The Balaban J connectivity index is 1.36. The number of carbonyl (C=O) groups excluding carboxylic acids is 1. The molecule has 6 heteroatoms. The number of aryl methyl sites for hydroxylation is 2. The fourth-order valence-electron chi connectivity index (χ4n) is 6.86. The topological polar surface area (TPSA) is 54.9 Å². The molecular formula is C35H43N3O3. The minimum Gasteiger partial charge on any atom is -0.496 e. The summed E-state index contributed by atoms with van der Waals surface area (Å²) in [6.07, 6.45) is 5.59. The van der Waals surface area contributed by atoms with Crippen molar-refractivity contribution in [3.63, 3.8) is 0 Å². The highest BCUT2D eigenvalue weighted by atomic mass is 16.6. The molecule has 0 bridgehead atoms. The van der Waals surface area contributed by atoms with Gasteiger partial charge in [0.1, 0.15) is 17.7 Å². The van der Waals surface area contributed by atoms with E-state index in [2.05, 4.69) is 81.1 Å². The highest BCUT2D eigenvalue weighted by molar-refractivity contribution is 5.76. The lowest BCUT2D eigenvalue weighted by Crippen LogP contribution is -2.38. The number of aromatic nitrogens is 1. The zero-order chi connectivity index (χ0) is 28.7. The van der Waals surface area contributed by atoms with Crippen LogP contribution in [0.25, 0.3) is 11.1 Å². The van der Waals surface area contributed by atoms with E-state index < -0.39 is 0 Å². The molecule has 1 amide bonds. The molecular weight excluding hydrogens is 510 g/mol. The van der Waals surface area contributed by atoms with Crippen LogP contribution in [-0.4, -0.2) is 42.2 Å². The Morgan fingerprint density at radius 2 is 1.63 bits per heavy atom. The number of cyclic esters (lactones) is 1. The van der Waals surface area contributed by atoms with E-state index in [1.165, 1.54) is 48.8 Å². The number of anilines is 1. The van der Waals surface area contributed by atoms with E-state index in [0.29, 0.717) is 12.5 Å². The lowest BCUT2D eigenvalue weighted by atomic mass is 9.79. The summed E-state index contributed by atoms with van der Waals surface area (Å²) >= 11 is 0. The van der Waals surface area contributed by atoms with Gasteiger partial charge in [0.05, 0.1) is 25.4 Å². The van der Waals surface area contributed by atoms with Crippen LogP contribution in [0.1, 0.15) is 85.9 Å². The first-order valence-electron chi connectivity index (χ1n) is 15.3. The second-order valence-corrected chi connectivity index (χ2v) is 12.5. The maximum atomic E-state index is 13.3. The summed E-state index contributed by atoms with van der Waals surface area (Å²) in [4.78, 5) is 22.6. The number of pyridine rings is 1. The normalized spacial score (nSPS) is 24.3. The summed E-state index contributed by atoms with van der Waals surface area (Å²) in [6, 6.07) is 17.2. The molecule has 3 aromatic rings. The van der Waals surface area contributed by atoms with Crippen LogP contribution >= 0.6 is 0 Å². The number of hydrogen-bond donors (Lipinski definition) is 0. The highest BCUT2D eigenvalue weighted by Crippen LogP contribution is 2.42. The first-order valence-corrected chi connectivity index (χ1v) is 15.3. The monoisotopic (exact) mass is 553 g/mol. The minimum atomic E-state index is -0.310. The Kier molecular flexibility index (Phi) is 7.67. The van der Waals surface area contributed by atoms with Crippen molar-refractivity contribution in [2.75, 3.05) is 25.1 Å². The quantitative estimate of drug-likeness (QED) is 0.297. The van der Waals surface area contributed by atoms with Crippen LogP contribution < -0.4 is 9.64 Å². The minimum absolute atomic E-state index is 0.122. The molecule has 3 heterocycles. The third-order valence-corrected chi connectivity index (χ3v) is 9.43. The average Bonchev–Trinajstić information content (AvgIpc) is 3.20. The number of amides is 1. The van der Waals surface area contributed by atoms with Gasteiger partial charge in [0.25, 0.3) is 0 Å². The number of hydrogen-bond acceptors (Lipinski definition) is 5. The van der Waals surface area contributed by atoms with E-state index >= 15 is 0 Å². The van der Waals surface area contributed by atoms with E-state index in [0.717, 1.165) is 53.0 Å². The predicted octanol–water partition coefficient (Wildman–Crippen LogP) is 7.96. The van der Waals surface area contributed by atoms with E-state index in [9.17, 15) is 4.79 Å². The fraction of sp³-hybridized carbons (Fsp3) is 0.486. The summed E-state index contributed by atoms with van der Waals surface area (Å²) in [5.74, 6) is 3.18. The molecule has 1 aromatic heterocycles. The molecule has 6 nitrogen and oxygen atoms in total. The number of benzene rings is 2. The number of carbonyl (C=O) groups is 1. The molecule has 3 aliphatic rings.